The fourth-order valence-corrected chi connectivity index (χ4v) is 5.63. The predicted molar refractivity (Wildman–Crippen MR) is 137 cm³/mol. The summed E-state index contributed by atoms with van der Waals surface area (Å²) in [6, 6.07) is 15.3. The molecule has 1 aliphatic rings. The van der Waals surface area contributed by atoms with Gasteiger partial charge in [0.25, 0.3) is 10.0 Å². The highest BCUT2D eigenvalue weighted by molar-refractivity contribution is 7.92. The molecule has 1 aliphatic heterocycles. The van der Waals surface area contributed by atoms with Crippen LogP contribution in [0.5, 0.6) is 17.2 Å². The molecule has 0 radical (unpaired) electrons. The van der Waals surface area contributed by atoms with E-state index in [9.17, 15) is 18.3 Å². The normalized spacial score (nSPS) is 15.2. The fourth-order valence-electron chi connectivity index (χ4n) is 4.00. The maximum atomic E-state index is 14.0. The molecule has 0 aromatic heterocycles. The Labute approximate surface area is 220 Å². The highest BCUT2D eigenvalue weighted by Gasteiger charge is 2.33. The summed E-state index contributed by atoms with van der Waals surface area (Å²) in [6.45, 7) is 2.72. The zero-order valence-corrected chi connectivity index (χ0v) is 22.0. The Kier molecular flexibility index (Phi) is 7.82. The molecular formula is C26H26ClNO8S. The Balaban J connectivity index is 1.86. The van der Waals surface area contributed by atoms with Gasteiger partial charge in [0.15, 0.2) is 11.5 Å². The fraction of sp³-hybridized carbons (Fsp3) is 0.269. The van der Waals surface area contributed by atoms with Crippen molar-refractivity contribution in [3.05, 3.63) is 76.8 Å². The van der Waals surface area contributed by atoms with E-state index in [-0.39, 0.29) is 33.5 Å². The summed E-state index contributed by atoms with van der Waals surface area (Å²) in [7, 11) is -2.90. The summed E-state index contributed by atoms with van der Waals surface area (Å²) in [5.74, 6) is 0.288. The minimum atomic E-state index is -4.36. The summed E-state index contributed by atoms with van der Waals surface area (Å²) >= 11 is 6.26. The molecule has 196 valence electrons. The van der Waals surface area contributed by atoms with Gasteiger partial charge in [-0.25, -0.2) is 8.42 Å². The van der Waals surface area contributed by atoms with Gasteiger partial charge in [-0.05, 0) is 43.3 Å². The molecule has 0 bridgehead atoms. The van der Waals surface area contributed by atoms with Gasteiger partial charge in [-0.15, -0.1) is 0 Å². The van der Waals surface area contributed by atoms with Crippen LogP contribution in [0.1, 0.15) is 31.1 Å². The first kappa shape index (κ1) is 26.6. The molecule has 0 saturated carbocycles. The highest BCUT2D eigenvalue weighted by atomic mass is 35.5. The molecule has 9 nitrogen and oxygen atoms in total. The van der Waals surface area contributed by atoms with Crippen molar-refractivity contribution in [3.8, 4) is 17.2 Å². The number of hydrogen-bond donors (Lipinski definition) is 1. The third-order valence-corrected chi connectivity index (χ3v) is 7.64. The van der Waals surface area contributed by atoms with E-state index < -0.39 is 34.9 Å². The van der Waals surface area contributed by atoms with Crippen LogP contribution in [-0.4, -0.2) is 46.0 Å². The molecular weight excluding hydrogens is 522 g/mol. The number of carbonyl (C=O) groups is 1. The molecule has 2 unspecified atom stereocenters. The first-order valence-corrected chi connectivity index (χ1v) is 13.2. The van der Waals surface area contributed by atoms with Crippen LogP contribution in [0.4, 0.5) is 5.69 Å². The summed E-state index contributed by atoms with van der Waals surface area (Å²) in [5, 5.41) is 11.6. The van der Waals surface area contributed by atoms with Crippen molar-refractivity contribution >= 4 is 33.3 Å². The van der Waals surface area contributed by atoms with E-state index in [1.54, 1.807) is 38.1 Å². The number of ether oxygens (including phenoxy) is 4. The van der Waals surface area contributed by atoms with Gasteiger partial charge in [0.2, 0.25) is 6.29 Å². The number of anilines is 1. The summed E-state index contributed by atoms with van der Waals surface area (Å²) < 4.78 is 50.3. The average molecular weight is 548 g/mol. The molecule has 37 heavy (non-hydrogen) atoms. The van der Waals surface area contributed by atoms with Gasteiger partial charge >= 0.3 is 5.97 Å². The number of halogens is 1. The van der Waals surface area contributed by atoms with Crippen molar-refractivity contribution in [1.29, 1.82) is 0 Å². The van der Waals surface area contributed by atoms with Crippen molar-refractivity contribution in [2.75, 3.05) is 24.6 Å². The Hall–Kier alpha value is -3.47. The van der Waals surface area contributed by atoms with Crippen molar-refractivity contribution in [1.82, 2.24) is 0 Å². The van der Waals surface area contributed by atoms with Crippen LogP contribution >= 0.6 is 11.6 Å². The third-order valence-electron chi connectivity index (χ3n) is 5.65. The average Bonchev–Trinajstić information content (AvgIpc) is 3.26. The van der Waals surface area contributed by atoms with Crippen LogP contribution in [0.25, 0.3) is 0 Å². The molecule has 4 rings (SSSR count). The Morgan fingerprint density at radius 2 is 1.81 bits per heavy atom. The molecule has 0 spiro atoms. The monoisotopic (exact) mass is 547 g/mol. The van der Waals surface area contributed by atoms with E-state index in [0.29, 0.717) is 17.1 Å². The number of nitrogens with zero attached hydrogens (tertiary/aromatic N) is 1. The first-order chi connectivity index (χ1) is 17.6. The number of para-hydroxylation sites is 1. The number of methoxy groups -OCH3 is 1. The van der Waals surface area contributed by atoms with Crippen LogP contribution in [0, 0.1) is 0 Å². The van der Waals surface area contributed by atoms with Crippen molar-refractivity contribution in [3.63, 3.8) is 0 Å². The van der Waals surface area contributed by atoms with Crippen molar-refractivity contribution < 1.29 is 37.3 Å². The lowest BCUT2D eigenvalue weighted by Gasteiger charge is -2.28. The molecule has 0 aliphatic carbocycles. The maximum Gasteiger partial charge on any atom is 0.326 e. The number of esters is 1. The zero-order chi connectivity index (χ0) is 26.7. The van der Waals surface area contributed by atoms with Crippen molar-refractivity contribution in [2.45, 2.75) is 31.1 Å². The predicted octanol–water partition coefficient (Wildman–Crippen LogP) is 4.31. The van der Waals surface area contributed by atoms with Gasteiger partial charge in [-0.3, -0.25) is 9.10 Å². The van der Waals surface area contributed by atoms with E-state index in [1.165, 1.54) is 43.5 Å². The molecule has 1 heterocycles. The molecule has 11 heteroatoms. The third kappa shape index (κ3) is 5.46. The standard InChI is InChI=1S/C26H26ClNO8S/c1-4-34-25(29)15-28(37(31,32)18-10-12-23-24(14-18)36-16(2)35-23)21-11-9-17(27)13-20(21)26(30)19-7-5-6-8-22(19)33-3/h5-14,16,26,30H,4,15H2,1-3H3. The lowest BCUT2D eigenvalue weighted by molar-refractivity contribution is -0.141. The van der Waals surface area contributed by atoms with E-state index >= 15 is 0 Å². The smallest absolute Gasteiger partial charge is 0.326 e. The second kappa shape index (κ2) is 10.9. The highest BCUT2D eigenvalue weighted by Crippen LogP contribution is 2.40. The number of fused-ring (bicyclic) bond motifs is 1. The van der Waals surface area contributed by atoms with Crippen LogP contribution in [-0.2, 0) is 19.6 Å². The SMILES string of the molecule is CCOC(=O)CN(c1ccc(Cl)cc1C(O)c1ccccc1OC)S(=O)(=O)c1ccc2c(c1)OC(C)O2. The van der Waals surface area contributed by atoms with E-state index in [1.807, 2.05) is 0 Å². The second-order valence-corrected chi connectivity index (χ2v) is 10.4. The summed E-state index contributed by atoms with van der Waals surface area (Å²) in [5.41, 5.74) is 0.584. The Morgan fingerprint density at radius 1 is 1.08 bits per heavy atom. The number of benzene rings is 3. The van der Waals surface area contributed by atoms with Gasteiger partial charge in [-0.2, -0.15) is 0 Å². The summed E-state index contributed by atoms with van der Waals surface area (Å²) in [4.78, 5) is 12.4. The number of sulfonamides is 1. The van der Waals surface area contributed by atoms with Gasteiger partial charge in [-0.1, -0.05) is 29.8 Å². The minimum absolute atomic E-state index is 0.0434. The maximum absolute atomic E-state index is 14.0. The number of aliphatic hydroxyl groups excluding tert-OH is 1. The molecule has 2 atom stereocenters. The van der Waals surface area contributed by atoms with Crippen LogP contribution in [0.15, 0.2) is 65.6 Å². The first-order valence-electron chi connectivity index (χ1n) is 11.4. The molecule has 0 amide bonds. The van der Waals surface area contributed by atoms with E-state index in [4.69, 9.17) is 30.5 Å². The van der Waals surface area contributed by atoms with Crippen LogP contribution in [0.2, 0.25) is 5.02 Å². The number of hydrogen-bond acceptors (Lipinski definition) is 8. The number of rotatable bonds is 9. The molecule has 3 aromatic rings. The van der Waals surface area contributed by atoms with Crippen LogP contribution < -0.4 is 18.5 Å². The molecule has 0 saturated heterocycles. The van der Waals surface area contributed by atoms with Gasteiger partial charge in [0.05, 0.1) is 24.3 Å². The van der Waals surface area contributed by atoms with E-state index in [0.717, 1.165) is 4.31 Å². The van der Waals surface area contributed by atoms with Crippen LogP contribution in [0.3, 0.4) is 0 Å². The van der Waals surface area contributed by atoms with Crippen molar-refractivity contribution in [2.24, 2.45) is 0 Å². The quantitative estimate of drug-likeness (QED) is 0.395. The number of aliphatic hydroxyl groups is 1. The topological polar surface area (TPSA) is 112 Å². The minimum Gasteiger partial charge on any atom is -0.496 e. The largest absolute Gasteiger partial charge is 0.496 e. The van der Waals surface area contributed by atoms with Gasteiger partial charge < -0.3 is 24.1 Å². The molecule has 1 N–H and O–H groups in total. The Bertz CT molecular complexity index is 1410. The molecule has 3 aromatic carbocycles. The zero-order valence-electron chi connectivity index (χ0n) is 20.4. The lowest BCUT2D eigenvalue weighted by atomic mass is 9.99. The number of carbonyl (C=O) groups excluding carboxylic acids is 1. The summed E-state index contributed by atoms with van der Waals surface area (Å²) in [6.07, 6.45) is -1.90. The van der Waals surface area contributed by atoms with Gasteiger partial charge in [0, 0.05) is 29.1 Å². The van der Waals surface area contributed by atoms with Gasteiger partial charge in [0.1, 0.15) is 18.4 Å². The Morgan fingerprint density at radius 3 is 2.54 bits per heavy atom. The molecule has 0 fully saturated rings. The lowest BCUT2D eigenvalue weighted by Crippen LogP contribution is -2.37. The van der Waals surface area contributed by atoms with E-state index in [2.05, 4.69) is 0 Å². The second-order valence-electron chi connectivity index (χ2n) is 8.08.